The van der Waals surface area contributed by atoms with Crippen molar-refractivity contribution in [2.75, 3.05) is 30.0 Å². The molecule has 33 heavy (non-hydrogen) atoms. The van der Waals surface area contributed by atoms with Gasteiger partial charge in [-0.2, -0.15) is 4.36 Å². The quantitative estimate of drug-likeness (QED) is 0.581. The standard InChI is InChI=1S/C23H25FN4O4S/c1-14-8-16(28-33(30)7-5-17(29)12-33)10-20-22(14)23(26-13-25-20)27-19-3-2-15(24)9-21(19)32-18-4-6-31-11-18/h2-3,8-10,13,17-18,29H,4-7,11-12H2,1H3,(H,25,26,27). The van der Waals surface area contributed by atoms with Crippen LogP contribution in [0.25, 0.3) is 10.9 Å². The van der Waals surface area contributed by atoms with Crippen LogP contribution in [-0.2, 0) is 14.5 Å². The first-order valence-corrected chi connectivity index (χ1v) is 12.7. The summed E-state index contributed by atoms with van der Waals surface area (Å²) in [5.74, 6) is 1.12. The van der Waals surface area contributed by atoms with E-state index in [1.54, 1.807) is 12.1 Å². The summed E-state index contributed by atoms with van der Waals surface area (Å²) in [4.78, 5) is 8.77. The van der Waals surface area contributed by atoms with Gasteiger partial charge < -0.3 is 19.9 Å². The molecule has 174 valence electrons. The van der Waals surface area contributed by atoms with Gasteiger partial charge in [0.05, 0.1) is 51.7 Å². The van der Waals surface area contributed by atoms with Crippen molar-refractivity contribution in [2.45, 2.75) is 32.0 Å². The summed E-state index contributed by atoms with van der Waals surface area (Å²) in [7, 11) is -2.47. The largest absolute Gasteiger partial charge is 0.486 e. The Hall–Kier alpha value is -2.82. The number of ether oxygens (including phenoxy) is 2. The summed E-state index contributed by atoms with van der Waals surface area (Å²) in [5, 5.41) is 13.8. The Bertz CT molecular complexity index is 1320. The van der Waals surface area contributed by atoms with E-state index >= 15 is 0 Å². The average molecular weight is 473 g/mol. The van der Waals surface area contributed by atoms with Gasteiger partial charge in [0, 0.05) is 23.6 Å². The molecule has 0 saturated carbocycles. The van der Waals surface area contributed by atoms with Crippen molar-refractivity contribution in [3.8, 4) is 5.75 Å². The lowest BCUT2D eigenvalue weighted by atomic mass is 10.1. The number of halogens is 1. The van der Waals surface area contributed by atoms with E-state index < -0.39 is 21.7 Å². The molecule has 3 atom stereocenters. The van der Waals surface area contributed by atoms with Crippen LogP contribution in [0, 0.1) is 12.7 Å². The Morgan fingerprint density at radius 1 is 1.27 bits per heavy atom. The summed E-state index contributed by atoms with van der Waals surface area (Å²) in [5.41, 5.74) is 2.64. The molecule has 2 aliphatic heterocycles. The molecule has 3 aromatic rings. The van der Waals surface area contributed by atoms with Gasteiger partial charge in [-0.15, -0.1) is 0 Å². The van der Waals surface area contributed by atoms with Gasteiger partial charge >= 0.3 is 0 Å². The molecule has 3 heterocycles. The van der Waals surface area contributed by atoms with Crippen molar-refractivity contribution in [2.24, 2.45) is 4.36 Å². The molecule has 0 spiro atoms. The number of nitrogens with one attached hydrogen (secondary N) is 1. The molecular formula is C23H25FN4O4S. The summed E-state index contributed by atoms with van der Waals surface area (Å²) in [6, 6.07) is 7.93. The van der Waals surface area contributed by atoms with Gasteiger partial charge in [0.1, 0.15) is 29.8 Å². The Morgan fingerprint density at radius 2 is 2.15 bits per heavy atom. The van der Waals surface area contributed by atoms with Crippen LogP contribution in [0.5, 0.6) is 5.75 Å². The minimum atomic E-state index is -2.47. The highest BCUT2D eigenvalue weighted by atomic mass is 32.2. The lowest BCUT2D eigenvalue weighted by Crippen LogP contribution is -2.16. The van der Waals surface area contributed by atoms with Gasteiger partial charge in [-0.1, -0.05) is 0 Å². The van der Waals surface area contributed by atoms with Crippen molar-refractivity contribution in [1.29, 1.82) is 0 Å². The van der Waals surface area contributed by atoms with Crippen LogP contribution in [0.3, 0.4) is 0 Å². The van der Waals surface area contributed by atoms with E-state index in [9.17, 15) is 13.7 Å². The number of aliphatic hydroxyl groups is 1. The molecular weight excluding hydrogens is 447 g/mol. The second kappa shape index (κ2) is 8.85. The normalized spacial score (nSPS) is 24.8. The number of hydrogen-bond acceptors (Lipinski definition) is 8. The van der Waals surface area contributed by atoms with Crippen LogP contribution >= 0.6 is 0 Å². The highest BCUT2D eigenvalue weighted by Crippen LogP contribution is 2.35. The molecule has 10 heteroatoms. The molecule has 3 unspecified atom stereocenters. The molecule has 2 aromatic carbocycles. The van der Waals surface area contributed by atoms with Crippen molar-refractivity contribution < 1.29 is 23.2 Å². The van der Waals surface area contributed by atoms with Crippen molar-refractivity contribution in [3.63, 3.8) is 0 Å². The third-order valence-corrected chi connectivity index (χ3v) is 8.12. The van der Waals surface area contributed by atoms with E-state index in [0.29, 0.717) is 53.8 Å². The van der Waals surface area contributed by atoms with Gasteiger partial charge in [0.15, 0.2) is 0 Å². The minimum absolute atomic E-state index is 0.128. The van der Waals surface area contributed by atoms with Crippen LogP contribution in [-0.4, -0.2) is 56.2 Å². The summed E-state index contributed by atoms with van der Waals surface area (Å²) in [6.45, 7) is 3.00. The van der Waals surface area contributed by atoms with Gasteiger partial charge in [0.2, 0.25) is 0 Å². The topological polar surface area (TPSA) is 106 Å². The lowest BCUT2D eigenvalue weighted by molar-refractivity contribution is 0.141. The maximum Gasteiger partial charge on any atom is 0.146 e. The van der Waals surface area contributed by atoms with E-state index in [0.717, 1.165) is 17.4 Å². The highest BCUT2D eigenvalue weighted by Gasteiger charge is 2.25. The zero-order chi connectivity index (χ0) is 23.0. The third kappa shape index (κ3) is 4.78. The van der Waals surface area contributed by atoms with Crippen molar-refractivity contribution >= 4 is 37.8 Å². The monoisotopic (exact) mass is 472 g/mol. The molecule has 2 N–H and O–H groups in total. The fourth-order valence-electron chi connectivity index (χ4n) is 4.19. The van der Waals surface area contributed by atoms with E-state index in [1.165, 1.54) is 18.5 Å². The van der Waals surface area contributed by atoms with Crippen LogP contribution in [0.1, 0.15) is 18.4 Å². The second-order valence-corrected chi connectivity index (χ2v) is 10.9. The number of anilines is 2. The molecule has 0 bridgehead atoms. The number of aryl methyl sites for hydroxylation is 1. The number of rotatable bonds is 5. The summed E-state index contributed by atoms with van der Waals surface area (Å²) < 4.78 is 42.6. The SMILES string of the molecule is Cc1cc(N=S2(=O)CCC(O)C2)cc2ncnc(Nc3ccc(F)cc3OC3CCOC3)c12. The number of aliphatic hydroxyl groups excluding tert-OH is 1. The zero-order valence-electron chi connectivity index (χ0n) is 18.2. The molecule has 1 aromatic heterocycles. The van der Waals surface area contributed by atoms with Gasteiger partial charge in [-0.05, 0) is 43.2 Å². The lowest BCUT2D eigenvalue weighted by Gasteiger charge is -2.17. The number of nitrogens with zero attached hydrogens (tertiary/aromatic N) is 3. The van der Waals surface area contributed by atoms with E-state index in [-0.39, 0.29) is 11.9 Å². The number of aromatic nitrogens is 2. The molecule has 0 radical (unpaired) electrons. The number of hydrogen-bond donors (Lipinski definition) is 2. The Kier molecular flexibility index (Phi) is 5.90. The zero-order valence-corrected chi connectivity index (χ0v) is 19.0. The first-order valence-electron chi connectivity index (χ1n) is 10.9. The van der Waals surface area contributed by atoms with Gasteiger partial charge in [-0.25, -0.2) is 18.6 Å². The van der Waals surface area contributed by atoms with E-state index in [2.05, 4.69) is 19.6 Å². The van der Waals surface area contributed by atoms with Crippen molar-refractivity contribution in [3.05, 3.63) is 48.0 Å². The average Bonchev–Trinajstić information content (AvgIpc) is 3.39. The molecule has 2 aliphatic rings. The summed E-state index contributed by atoms with van der Waals surface area (Å²) >= 11 is 0. The first-order chi connectivity index (χ1) is 15.9. The fourth-order valence-corrected chi connectivity index (χ4v) is 6.42. The molecule has 0 amide bonds. The summed E-state index contributed by atoms with van der Waals surface area (Å²) in [6.07, 6.45) is 1.99. The van der Waals surface area contributed by atoms with Gasteiger partial charge in [0.25, 0.3) is 0 Å². The second-order valence-electron chi connectivity index (χ2n) is 8.43. The van der Waals surface area contributed by atoms with Crippen LogP contribution in [0.4, 0.5) is 21.6 Å². The molecule has 2 fully saturated rings. The van der Waals surface area contributed by atoms with Gasteiger partial charge in [-0.3, -0.25) is 0 Å². The molecule has 5 rings (SSSR count). The van der Waals surface area contributed by atoms with Crippen LogP contribution < -0.4 is 10.1 Å². The molecule has 2 saturated heterocycles. The number of benzene rings is 2. The van der Waals surface area contributed by atoms with Crippen molar-refractivity contribution in [1.82, 2.24) is 9.97 Å². The molecule has 0 aliphatic carbocycles. The Morgan fingerprint density at radius 3 is 2.91 bits per heavy atom. The third-order valence-electron chi connectivity index (χ3n) is 5.79. The maximum atomic E-state index is 13.9. The highest BCUT2D eigenvalue weighted by molar-refractivity contribution is 7.94. The predicted octanol–water partition coefficient (Wildman–Crippen LogP) is 3.85. The maximum absolute atomic E-state index is 13.9. The fraction of sp³-hybridized carbons (Fsp3) is 0.391. The predicted molar refractivity (Wildman–Crippen MR) is 124 cm³/mol. The minimum Gasteiger partial charge on any atom is -0.486 e. The molecule has 8 nitrogen and oxygen atoms in total. The Labute approximate surface area is 191 Å². The smallest absolute Gasteiger partial charge is 0.146 e. The van der Waals surface area contributed by atoms with Crippen LogP contribution in [0.2, 0.25) is 0 Å². The Balaban J connectivity index is 1.50. The van der Waals surface area contributed by atoms with E-state index in [4.69, 9.17) is 9.47 Å². The van der Waals surface area contributed by atoms with Crippen LogP contribution in [0.15, 0.2) is 41.0 Å². The first kappa shape index (κ1) is 22.0. The van der Waals surface area contributed by atoms with E-state index in [1.807, 2.05) is 13.0 Å². The number of fused-ring (bicyclic) bond motifs is 1.